The summed E-state index contributed by atoms with van der Waals surface area (Å²) in [4.78, 5) is 2.42. The summed E-state index contributed by atoms with van der Waals surface area (Å²) in [5.41, 5.74) is 0. The van der Waals surface area contributed by atoms with Crippen LogP contribution in [0.15, 0.2) is 0 Å². The minimum Gasteiger partial charge on any atom is -0.311 e. The van der Waals surface area contributed by atoms with Crippen LogP contribution >= 0.6 is 0 Å². The lowest BCUT2D eigenvalue weighted by molar-refractivity contribution is 0.0987. The van der Waals surface area contributed by atoms with Gasteiger partial charge in [-0.25, -0.2) is 8.42 Å². The molecule has 2 rings (SSSR count). The number of rotatable bonds is 5. The van der Waals surface area contributed by atoms with Crippen molar-refractivity contribution in [2.24, 2.45) is 11.8 Å². The van der Waals surface area contributed by atoms with Crippen LogP contribution in [0.1, 0.15) is 47.5 Å². The molecule has 0 spiro atoms. The number of hydrogen-bond acceptors (Lipinski definition) is 4. The SMILES string of the molecule is CC(C)C1CNC(C2CC2)CN1CCS(=O)(=O)C(C)(C)C. The summed E-state index contributed by atoms with van der Waals surface area (Å²) in [6.45, 7) is 12.5. The largest absolute Gasteiger partial charge is 0.311 e. The highest BCUT2D eigenvalue weighted by molar-refractivity contribution is 7.92. The van der Waals surface area contributed by atoms with Gasteiger partial charge in [0.05, 0.1) is 10.5 Å². The first-order chi connectivity index (χ1) is 9.62. The van der Waals surface area contributed by atoms with E-state index in [4.69, 9.17) is 0 Å². The van der Waals surface area contributed by atoms with E-state index >= 15 is 0 Å². The molecule has 2 fully saturated rings. The molecule has 4 nitrogen and oxygen atoms in total. The second-order valence-corrected chi connectivity index (χ2v) is 11.0. The van der Waals surface area contributed by atoms with Crippen LogP contribution in [0.25, 0.3) is 0 Å². The van der Waals surface area contributed by atoms with Crippen LogP contribution in [0.4, 0.5) is 0 Å². The summed E-state index contributed by atoms with van der Waals surface area (Å²) in [6, 6.07) is 1.02. The number of nitrogens with zero attached hydrogens (tertiary/aromatic N) is 1. The van der Waals surface area contributed by atoms with Gasteiger partial charge in [0.25, 0.3) is 0 Å². The highest BCUT2D eigenvalue weighted by Crippen LogP contribution is 2.34. The van der Waals surface area contributed by atoms with Crippen LogP contribution < -0.4 is 5.32 Å². The van der Waals surface area contributed by atoms with E-state index in [0.29, 0.717) is 24.5 Å². The Balaban J connectivity index is 1.99. The van der Waals surface area contributed by atoms with E-state index in [-0.39, 0.29) is 5.75 Å². The predicted octanol–water partition coefficient (Wildman–Crippen LogP) is 1.91. The van der Waals surface area contributed by atoms with E-state index in [1.54, 1.807) is 20.8 Å². The number of nitrogens with one attached hydrogen (secondary N) is 1. The Morgan fingerprint density at radius 3 is 2.33 bits per heavy atom. The van der Waals surface area contributed by atoms with Gasteiger partial charge < -0.3 is 5.32 Å². The highest BCUT2D eigenvalue weighted by atomic mass is 32.2. The summed E-state index contributed by atoms with van der Waals surface area (Å²) in [5.74, 6) is 1.65. The molecule has 1 aliphatic heterocycles. The third kappa shape index (κ3) is 4.20. The zero-order chi connectivity index (χ0) is 15.8. The quantitative estimate of drug-likeness (QED) is 0.842. The summed E-state index contributed by atoms with van der Waals surface area (Å²) in [7, 11) is -3.03. The molecule has 1 aliphatic carbocycles. The molecule has 124 valence electrons. The zero-order valence-electron chi connectivity index (χ0n) is 14.2. The normalized spacial score (nSPS) is 29.0. The fourth-order valence-corrected chi connectivity index (χ4v) is 4.21. The van der Waals surface area contributed by atoms with Crippen LogP contribution in [-0.4, -0.2) is 55.5 Å². The Kier molecular flexibility index (Phi) is 5.06. The topological polar surface area (TPSA) is 49.4 Å². The van der Waals surface area contributed by atoms with Crippen LogP contribution in [0, 0.1) is 11.8 Å². The van der Waals surface area contributed by atoms with Crippen molar-refractivity contribution in [2.45, 2.75) is 64.3 Å². The van der Waals surface area contributed by atoms with Crippen molar-refractivity contribution in [3.8, 4) is 0 Å². The van der Waals surface area contributed by atoms with Gasteiger partial charge in [-0.3, -0.25) is 4.90 Å². The van der Waals surface area contributed by atoms with Crippen molar-refractivity contribution < 1.29 is 8.42 Å². The minimum atomic E-state index is -3.03. The van der Waals surface area contributed by atoms with Gasteiger partial charge >= 0.3 is 0 Å². The molecule has 5 heteroatoms. The Hall–Kier alpha value is -0.130. The smallest absolute Gasteiger partial charge is 0.156 e. The third-order valence-electron chi connectivity index (χ3n) is 5.03. The summed E-state index contributed by atoms with van der Waals surface area (Å²) in [6.07, 6.45) is 2.66. The monoisotopic (exact) mass is 316 g/mol. The maximum absolute atomic E-state index is 12.4. The van der Waals surface area contributed by atoms with Gasteiger partial charge in [-0.1, -0.05) is 13.8 Å². The average Bonchev–Trinajstić information content (AvgIpc) is 3.18. The van der Waals surface area contributed by atoms with E-state index in [1.165, 1.54) is 12.8 Å². The van der Waals surface area contributed by atoms with Gasteiger partial charge in [0.2, 0.25) is 0 Å². The molecule has 0 amide bonds. The Bertz CT molecular complexity index is 449. The first kappa shape index (κ1) is 17.2. The van der Waals surface area contributed by atoms with E-state index in [1.807, 2.05) is 0 Å². The lowest BCUT2D eigenvalue weighted by Crippen LogP contribution is -2.59. The molecule has 2 aliphatic rings. The standard InChI is InChI=1S/C16H32N2O2S/c1-12(2)15-10-17-14(13-6-7-13)11-18(15)8-9-21(19,20)16(3,4)5/h12-15,17H,6-11H2,1-5H3. The summed E-state index contributed by atoms with van der Waals surface area (Å²) >= 11 is 0. The number of piperazine rings is 1. The molecule has 0 aromatic carbocycles. The molecule has 21 heavy (non-hydrogen) atoms. The van der Waals surface area contributed by atoms with Crippen molar-refractivity contribution in [3.63, 3.8) is 0 Å². The zero-order valence-corrected chi connectivity index (χ0v) is 15.0. The Labute approximate surface area is 130 Å². The van der Waals surface area contributed by atoms with Crippen LogP contribution in [0.3, 0.4) is 0 Å². The molecule has 2 atom stereocenters. The molecule has 1 heterocycles. The van der Waals surface area contributed by atoms with Crippen LogP contribution in [0.5, 0.6) is 0 Å². The summed E-state index contributed by atoms with van der Waals surface area (Å²) in [5, 5.41) is 3.68. The van der Waals surface area contributed by atoms with Crippen LogP contribution in [-0.2, 0) is 9.84 Å². The minimum absolute atomic E-state index is 0.275. The number of hydrogen-bond donors (Lipinski definition) is 1. The fourth-order valence-electron chi connectivity index (χ4n) is 3.13. The lowest BCUT2D eigenvalue weighted by atomic mass is 9.97. The molecule has 0 aromatic rings. The van der Waals surface area contributed by atoms with Gasteiger partial charge in [-0.15, -0.1) is 0 Å². The van der Waals surface area contributed by atoms with Gasteiger partial charge in [0.1, 0.15) is 0 Å². The molecule has 0 bridgehead atoms. The van der Waals surface area contributed by atoms with Crippen molar-refractivity contribution in [1.82, 2.24) is 10.2 Å². The van der Waals surface area contributed by atoms with E-state index in [2.05, 4.69) is 24.1 Å². The fraction of sp³-hybridized carbons (Fsp3) is 1.00. The first-order valence-corrected chi connectivity index (χ1v) is 9.97. The average molecular weight is 317 g/mol. The third-order valence-corrected chi connectivity index (χ3v) is 7.62. The van der Waals surface area contributed by atoms with Gasteiger partial charge in [-0.2, -0.15) is 0 Å². The van der Waals surface area contributed by atoms with Crippen molar-refractivity contribution in [1.29, 1.82) is 0 Å². The molecule has 2 unspecified atom stereocenters. The molecule has 1 saturated carbocycles. The van der Waals surface area contributed by atoms with Crippen molar-refractivity contribution in [3.05, 3.63) is 0 Å². The molecular formula is C16H32N2O2S. The van der Waals surface area contributed by atoms with Gasteiger partial charge in [-0.05, 0) is 45.4 Å². The predicted molar refractivity (Wildman–Crippen MR) is 88.3 cm³/mol. The molecule has 0 radical (unpaired) electrons. The Morgan fingerprint density at radius 1 is 1.24 bits per heavy atom. The highest BCUT2D eigenvalue weighted by Gasteiger charge is 2.38. The van der Waals surface area contributed by atoms with E-state index in [9.17, 15) is 8.42 Å². The number of sulfone groups is 1. The summed E-state index contributed by atoms with van der Waals surface area (Å²) < 4.78 is 24.1. The van der Waals surface area contributed by atoms with Crippen molar-refractivity contribution >= 4 is 9.84 Å². The molecule has 1 N–H and O–H groups in total. The molecule has 1 saturated heterocycles. The second kappa shape index (κ2) is 6.17. The van der Waals surface area contributed by atoms with Crippen molar-refractivity contribution in [2.75, 3.05) is 25.4 Å². The van der Waals surface area contributed by atoms with Gasteiger partial charge in [0.15, 0.2) is 9.84 Å². The first-order valence-electron chi connectivity index (χ1n) is 8.31. The van der Waals surface area contributed by atoms with Gasteiger partial charge in [0, 0.05) is 31.7 Å². The molecule has 0 aromatic heterocycles. The maximum atomic E-state index is 12.4. The second-order valence-electron chi connectivity index (χ2n) is 8.09. The van der Waals surface area contributed by atoms with Crippen LogP contribution in [0.2, 0.25) is 0 Å². The van der Waals surface area contributed by atoms with E-state index in [0.717, 1.165) is 19.0 Å². The molecular weight excluding hydrogens is 284 g/mol. The van der Waals surface area contributed by atoms with E-state index < -0.39 is 14.6 Å². The Morgan fingerprint density at radius 2 is 1.86 bits per heavy atom. The lowest BCUT2D eigenvalue weighted by Gasteiger charge is -2.43. The maximum Gasteiger partial charge on any atom is 0.156 e.